The van der Waals surface area contributed by atoms with Gasteiger partial charge in [-0.05, 0) is 99.9 Å². The van der Waals surface area contributed by atoms with Crippen LogP contribution in [0.1, 0.15) is 79.8 Å². The maximum absolute atomic E-state index is 15.2. The molecule has 2 aromatic carbocycles. The van der Waals surface area contributed by atoms with E-state index in [1.54, 1.807) is 27.0 Å². The van der Waals surface area contributed by atoms with Crippen LogP contribution < -0.4 is 14.8 Å². The first-order chi connectivity index (χ1) is 24.5. The van der Waals surface area contributed by atoms with Crippen molar-refractivity contribution in [1.82, 2.24) is 24.4 Å². The van der Waals surface area contributed by atoms with E-state index < -0.39 is 26.6 Å². The molecular formula is C40H53N5O5S. The first-order valence-corrected chi connectivity index (χ1v) is 20.6. The number of benzene rings is 2. The van der Waals surface area contributed by atoms with E-state index in [9.17, 15) is 13.2 Å². The van der Waals surface area contributed by atoms with E-state index in [2.05, 4.69) is 43.6 Å². The van der Waals surface area contributed by atoms with Crippen molar-refractivity contribution in [2.45, 2.75) is 76.5 Å². The molecule has 6 aliphatic rings. The summed E-state index contributed by atoms with van der Waals surface area (Å²) < 4.78 is 35.9. The van der Waals surface area contributed by atoms with E-state index in [1.807, 2.05) is 18.2 Å². The number of fused-ring (bicyclic) bond motifs is 12. The number of rotatable bonds is 6. The fourth-order valence-electron chi connectivity index (χ4n) is 9.90. The summed E-state index contributed by atoms with van der Waals surface area (Å²) in [6, 6.07) is 12.1. The van der Waals surface area contributed by atoms with Crippen LogP contribution in [0, 0.1) is 23.2 Å². The van der Waals surface area contributed by atoms with E-state index in [4.69, 9.17) is 4.74 Å². The van der Waals surface area contributed by atoms with Crippen LogP contribution in [0.5, 0.6) is 5.75 Å². The van der Waals surface area contributed by atoms with Gasteiger partial charge in [-0.15, -0.1) is 0 Å². The number of nitrogens with zero attached hydrogens (tertiary/aromatic N) is 3. The van der Waals surface area contributed by atoms with E-state index in [1.165, 1.54) is 36.0 Å². The molecule has 2 amide bonds. The van der Waals surface area contributed by atoms with Gasteiger partial charge in [-0.1, -0.05) is 25.3 Å². The van der Waals surface area contributed by atoms with Gasteiger partial charge in [0.05, 0.1) is 23.5 Å². The van der Waals surface area contributed by atoms with Gasteiger partial charge < -0.3 is 24.4 Å². The summed E-state index contributed by atoms with van der Waals surface area (Å²) in [4.78, 5) is 33.3. The fourth-order valence-corrected chi connectivity index (χ4v) is 10.5. The number of nitrogens with one attached hydrogen (secondary N) is 2. The van der Waals surface area contributed by atoms with Gasteiger partial charge in [0.15, 0.2) is 0 Å². The Morgan fingerprint density at radius 1 is 0.980 bits per heavy atom. The number of methoxy groups -OCH3 is 1. The molecule has 0 unspecified atom stereocenters. The molecule has 1 aromatic heterocycles. The Morgan fingerprint density at radius 2 is 1.71 bits per heavy atom. The highest BCUT2D eigenvalue weighted by Crippen LogP contribution is 2.60. The minimum absolute atomic E-state index is 0.188. The summed E-state index contributed by atoms with van der Waals surface area (Å²) in [5, 5.41) is 4.02. The van der Waals surface area contributed by atoms with Gasteiger partial charge in [0.25, 0.3) is 5.91 Å². The van der Waals surface area contributed by atoms with Gasteiger partial charge in [-0.25, -0.2) is 13.1 Å². The predicted octanol–water partition coefficient (Wildman–Crippen LogP) is 5.00. The van der Waals surface area contributed by atoms with Gasteiger partial charge in [0, 0.05) is 79.7 Å². The average molecular weight is 716 g/mol. The largest absolute Gasteiger partial charge is 0.497 e. The molecule has 0 spiro atoms. The lowest BCUT2D eigenvalue weighted by Gasteiger charge is -2.42. The summed E-state index contributed by atoms with van der Waals surface area (Å²) >= 11 is 0. The third-order valence-electron chi connectivity index (χ3n) is 12.6. The second-order valence-electron chi connectivity index (χ2n) is 16.5. The van der Waals surface area contributed by atoms with E-state index >= 15 is 4.79 Å². The number of amides is 2. The SMILES string of the molecule is COc1ccc2c(c1)C[C@@H]1C[C@]1(C(=O)N1C[C@@H]3CNC[C@@H](CN(C)C3)C1)Cn1c-2c(C2CCCCC2)c2ccc(C(=O)NS(=O)(=O)C(C)C)cc21. The molecule has 3 aromatic rings. The zero-order chi connectivity index (χ0) is 35.7. The highest BCUT2D eigenvalue weighted by molar-refractivity contribution is 7.90. The normalized spacial score (nSPS) is 27.0. The van der Waals surface area contributed by atoms with Crippen molar-refractivity contribution in [3.63, 3.8) is 0 Å². The molecule has 2 aliphatic carbocycles. The lowest BCUT2D eigenvalue weighted by atomic mass is 9.80. The summed E-state index contributed by atoms with van der Waals surface area (Å²) in [5.74, 6) is 1.74. The van der Waals surface area contributed by atoms with Gasteiger partial charge in [-0.2, -0.15) is 0 Å². The average Bonchev–Trinajstić information content (AvgIpc) is 3.67. The molecule has 9 rings (SSSR count). The first kappa shape index (κ1) is 34.7. The molecule has 51 heavy (non-hydrogen) atoms. The molecule has 5 heterocycles. The summed E-state index contributed by atoms with van der Waals surface area (Å²) in [6.07, 6.45) is 7.40. The van der Waals surface area contributed by atoms with Gasteiger partial charge >= 0.3 is 0 Å². The number of hydrogen-bond acceptors (Lipinski definition) is 7. The number of ether oxygens (including phenoxy) is 1. The molecule has 2 N–H and O–H groups in total. The Kier molecular flexibility index (Phi) is 8.98. The third-order valence-corrected chi connectivity index (χ3v) is 14.3. The maximum Gasteiger partial charge on any atom is 0.264 e. The number of sulfonamides is 1. The zero-order valence-corrected chi connectivity index (χ0v) is 31.4. The second kappa shape index (κ2) is 13.2. The number of aromatic nitrogens is 1. The van der Waals surface area contributed by atoms with Crippen LogP contribution in [0.25, 0.3) is 22.2 Å². The van der Waals surface area contributed by atoms with Crippen LogP contribution in [0.15, 0.2) is 36.4 Å². The Balaban J connectivity index is 1.29. The monoisotopic (exact) mass is 715 g/mol. The highest BCUT2D eigenvalue weighted by Gasteiger charge is 2.62. The minimum Gasteiger partial charge on any atom is -0.497 e. The number of carbonyl (C=O) groups is 2. The third kappa shape index (κ3) is 6.27. The molecule has 5 fully saturated rings. The van der Waals surface area contributed by atoms with E-state index in [-0.39, 0.29) is 11.8 Å². The maximum atomic E-state index is 15.2. The van der Waals surface area contributed by atoms with Crippen molar-refractivity contribution in [2.24, 2.45) is 23.2 Å². The van der Waals surface area contributed by atoms with Crippen molar-refractivity contribution < 1.29 is 22.7 Å². The van der Waals surface area contributed by atoms with Gasteiger partial charge in [-0.3, -0.25) is 9.59 Å². The predicted molar refractivity (Wildman–Crippen MR) is 199 cm³/mol. The van der Waals surface area contributed by atoms with E-state index in [0.717, 1.165) is 87.3 Å². The second-order valence-corrected chi connectivity index (χ2v) is 18.8. The Morgan fingerprint density at radius 3 is 2.39 bits per heavy atom. The Bertz CT molecular complexity index is 1950. The van der Waals surface area contributed by atoms with Crippen molar-refractivity contribution >= 4 is 32.7 Å². The molecule has 4 atom stereocenters. The highest BCUT2D eigenvalue weighted by atomic mass is 32.2. The molecule has 2 bridgehead atoms. The summed E-state index contributed by atoms with van der Waals surface area (Å²) in [7, 11) is 0.0958. The quantitative estimate of drug-likeness (QED) is 0.370. The standard InChI is InChI=1S/C40H53N5O5S/c1-25(2)51(48,49)42-38(46)29-10-12-34-35(16-29)45-24-40(39(47)44-22-26-18-41-19-27(23-44)21-43(3)20-26)17-31(40)14-30-15-32(50-4)11-13-33(30)37(45)36(34)28-8-6-5-7-9-28/h10-13,15-16,25-28,31,41H,5-9,14,17-24H2,1-4H3,(H,42,46)/t26-,27+,31-,40+/m1/s1. The van der Waals surface area contributed by atoms with Gasteiger partial charge in [0.2, 0.25) is 15.9 Å². The topological polar surface area (TPSA) is 113 Å². The molecule has 11 heteroatoms. The molecule has 3 saturated heterocycles. The smallest absolute Gasteiger partial charge is 0.264 e. The zero-order valence-electron chi connectivity index (χ0n) is 30.5. The van der Waals surface area contributed by atoms with E-state index in [0.29, 0.717) is 29.9 Å². The molecular weight excluding hydrogens is 663 g/mol. The molecule has 274 valence electrons. The molecule has 2 saturated carbocycles. The van der Waals surface area contributed by atoms with Crippen LogP contribution in [-0.4, -0.2) is 93.3 Å². The van der Waals surface area contributed by atoms with Crippen LogP contribution >= 0.6 is 0 Å². The Labute approximate surface area is 302 Å². The first-order valence-electron chi connectivity index (χ1n) is 19.1. The minimum atomic E-state index is -3.81. The van der Waals surface area contributed by atoms with Crippen molar-refractivity contribution in [3.05, 3.63) is 53.1 Å². The van der Waals surface area contributed by atoms with Crippen molar-refractivity contribution in [3.8, 4) is 17.0 Å². The van der Waals surface area contributed by atoms with Crippen LogP contribution in [-0.2, 0) is 27.8 Å². The Hall–Kier alpha value is -3.41. The fraction of sp³-hybridized carbons (Fsp3) is 0.600. The van der Waals surface area contributed by atoms with Crippen LogP contribution in [0.3, 0.4) is 0 Å². The van der Waals surface area contributed by atoms with Crippen LogP contribution in [0.2, 0.25) is 0 Å². The molecule has 10 nitrogen and oxygen atoms in total. The molecule has 0 radical (unpaired) electrons. The summed E-state index contributed by atoms with van der Waals surface area (Å²) in [6.45, 7) is 8.98. The van der Waals surface area contributed by atoms with Gasteiger partial charge in [0.1, 0.15) is 5.75 Å². The lowest BCUT2D eigenvalue weighted by Crippen LogP contribution is -2.56. The summed E-state index contributed by atoms with van der Waals surface area (Å²) in [5.41, 5.74) is 5.47. The number of carbonyl (C=O) groups excluding carboxylic acids is 2. The lowest BCUT2D eigenvalue weighted by molar-refractivity contribution is -0.140. The number of hydrogen-bond donors (Lipinski definition) is 2. The van der Waals surface area contributed by atoms with Crippen LogP contribution in [0.4, 0.5) is 0 Å². The van der Waals surface area contributed by atoms with Crippen molar-refractivity contribution in [1.29, 1.82) is 0 Å². The van der Waals surface area contributed by atoms with Crippen molar-refractivity contribution in [2.75, 3.05) is 53.4 Å². The molecule has 4 aliphatic heterocycles.